The number of non-ortho nitro benzene ring substituents is 1. The maximum atomic E-state index is 11.2. The first-order valence-electron chi connectivity index (χ1n) is 8.02. The number of benzene rings is 2. The normalized spacial score (nSPS) is 24.2. The number of hydrogen-bond donors (Lipinski definition) is 1. The second-order valence-electron chi connectivity index (χ2n) is 6.51. The van der Waals surface area contributed by atoms with Gasteiger partial charge in [-0.25, -0.2) is 0 Å². The summed E-state index contributed by atoms with van der Waals surface area (Å²) < 4.78 is 0. The molecule has 4 nitrogen and oxygen atoms in total. The minimum absolute atomic E-state index is 0.164. The summed E-state index contributed by atoms with van der Waals surface area (Å²) in [7, 11) is 0. The van der Waals surface area contributed by atoms with E-state index in [9.17, 15) is 10.1 Å². The zero-order chi connectivity index (χ0) is 16.8. The summed E-state index contributed by atoms with van der Waals surface area (Å²) in [5, 5.41) is 15.6. The van der Waals surface area contributed by atoms with E-state index in [1.54, 1.807) is 12.1 Å². The highest BCUT2D eigenvalue weighted by Gasteiger charge is 2.39. The Hall–Kier alpha value is -2.33. The summed E-state index contributed by atoms with van der Waals surface area (Å²) in [6, 6.07) is 11.5. The highest BCUT2D eigenvalue weighted by atomic mass is 35.5. The van der Waals surface area contributed by atoms with E-state index in [-0.39, 0.29) is 22.6 Å². The molecule has 122 valence electrons. The zero-order valence-corrected chi connectivity index (χ0v) is 14.0. The van der Waals surface area contributed by atoms with Gasteiger partial charge in [-0.15, -0.1) is 0 Å². The van der Waals surface area contributed by atoms with E-state index >= 15 is 0 Å². The summed E-state index contributed by atoms with van der Waals surface area (Å²) in [6.45, 7) is 1.93. The van der Waals surface area contributed by atoms with Crippen LogP contribution in [0.2, 0.25) is 5.02 Å². The third kappa shape index (κ3) is 2.38. The Labute approximate surface area is 145 Å². The minimum Gasteiger partial charge on any atom is -0.377 e. The number of nitrogens with zero attached hydrogens (tertiary/aromatic N) is 1. The fraction of sp³-hybridized carbons (Fsp3) is 0.263. The van der Waals surface area contributed by atoms with Gasteiger partial charge >= 0.3 is 0 Å². The van der Waals surface area contributed by atoms with Crippen molar-refractivity contribution in [2.45, 2.75) is 25.3 Å². The van der Waals surface area contributed by atoms with Gasteiger partial charge in [0.1, 0.15) is 0 Å². The van der Waals surface area contributed by atoms with E-state index in [0.717, 1.165) is 28.3 Å². The van der Waals surface area contributed by atoms with Gasteiger partial charge in [0.15, 0.2) is 0 Å². The van der Waals surface area contributed by atoms with Crippen molar-refractivity contribution in [3.05, 3.63) is 80.4 Å². The third-order valence-electron chi connectivity index (χ3n) is 5.09. The van der Waals surface area contributed by atoms with Crippen LogP contribution in [0.15, 0.2) is 48.6 Å². The molecule has 2 aromatic carbocycles. The Balaban J connectivity index is 1.82. The van der Waals surface area contributed by atoms with Crippen molar-refractivity contribution < 1.29 is 4.92 Å². The van der Waals surface area contributed by atoms with Crippen LogP contribution in [-0.4, -0.2) is 4.92 Å². The molecule has 0 fully saturated rings. The lowest BCUT2D eigenvalue weighted by atomic mass is 9.76. The lowest BCUT2D eigenvalue weighted by molar-refractivity contribution is -0.385. The first-order chi connectivity index (χ1) is 11.5. The molecule has 0 bridgehead atoms. The molecular weight excluding hydrogens is 324 g/mol. The standard InChI is InChI=1S/C19H17ClN2O2/c1-11-9-14(22(23)24)10-17-15-3-2-4-16(15)19(21-18(11)17)12-5-7-13(20)8-6-12/h2-3,5-10,15-16,19,21H,4H2,1H3/t15-,16-,19+/m0/s1. The van der Waals surface area contributed by atoms with Crippen LogP contribution in [0.3, 0.4) is 0 Å². The number of halogens is 1. The quantitative estimate of drug-likeness (QED) is 0.453. The van der Waals surface area contributed by atoms with Crippen LogP contribution in [0.1, 0.15) is 35.1 Å². The molecule has 0 aromatic heterocycles. The van der Waals surface area contributed by atoms with Crippen molar-refractivity contribution in [1.29, 1.82) is 0 Å². The van der Waals surface area contributed by atoms with Crippen LogP contribution in [0.5, 0.6) is 0 Å². The van der Waals surface area contributed by atoms with Crippen molar-refractivity contribution in [3.8, 4) is 0 Å². The molecule has 0 unspecified atom stereocenters. The molecule has 0 radical (unpaired) electrons. The van der Waals surface area contributed by atoms with Gasteiger partial charge in [0.2, 0.25) is 0 Å². The smallest absolute Gasteiger partial charge is 0.270 e. The van der Waals surface area contributed by atoms with Gasteiger partial charge < -0.3 is 5.32 Å². The fourth-order valence-corrected chi connectivity index (χ4v) is 4.10. The topological polar surface area (TPSA) is 55.2 Å². The molecular formula is C19H17ClN2O2. The number of fused-ring (bicyclic) bond motifs is 3. The highest BCUT2D eigenvalue weighted by Crippen LogP contribution is 2.51. The Morgan fingerprint density at radius 3 is 2.71 bits per heavy atom. The highest BCUT2D eigenvalue weighted by molar-refractivity contribution is 6.30. The van der Waals surface area contributed by atoms with E-state index in [1.165, 1.54) is 5.56 Å². The summed E-state index contributed by atoms with van der Waals surface area (Å²) in [4.78, 5) is 10.9. The molecule has 1 N–H and O–H groups in total. The second kappa shape index (κ2) is 5.64. The molecule has 4 rings (SSSR count). The second-order valence-corrected chi connectivity index (χ2v) is 6.95. The molecule has 0 saturated heterocycles. The average molecular weight is 341 g/mol. The first kappa shape index (κ1) is 15.2. The number of nitrogens with one attached hydrogen (secondary N) is 1. The number of aryl methyl sites for hydroxylation is 1. The van der Waals surface area contributed by atoms with Crippen LogP contribution in [-0.2, 0) is 0 Å². The lowest BCUT2D eigenvalue weighted by Gasteiger charge is -2.38. The van der Waals surface area contributed by atoms with E-state index in [2.05, 4.69) is 29.6 Å². The predicted molar refractivity (Wildman–Crippen MR) is 95.6 cm³/mol. The summed E-state index contributed by atoms with van der Waals surface area (Å²) in [5.41, 5.74) is 4.33. The molecule has 1 aliphatic carbocycles. The van der Waals surface area contributed by atoms with E-state index in [1.807, 2.05) is 19.1 Å². The molecule has 3 atom stereocenters. The van der Waals surface area contributed by atoms with E-state index < -0.39 is 0 Å². The van der Waals surface area contributed by atoms with Gasteiger partial charge in [-0.2, -0.15) is 0 Å². The Kier molecular flexibility index (Phi) is 3.57. The Morgan fingerprint density at radius 1 is 1.25 bits per heavy atom. The van der Waals surface area contributed by atoms with Crippen molar-refractivity contribution in [3.63, 3.8) is 0 Å². The summed E-state index contributed by atoms with van der Waals surface area (Å²) in [6.07, 6.45) is 5.34. The maximum absolute atomic E-state index is 11.2. The summed E-state index contributed by atoms with van der Waals surface area (Å²) in [5.74, 6) is 0.570. The molecule has 1 heterocycles. The van der Waals surface area contributed by atoms with Crippen molar-refractivity contribution in [2.75, 3.05) is 5.32 Å². The monoisotopic (exact) mass is 340 g/mol. The number of allylic oxidation sites excluding steroid dienone is 2. The zero-order valence-electron chi connectivity index (χ0n) is 13.2. The number of nitro groups is 1. The van der Waals surface area contributed by atoms with Gasteiger partial charge in [0.25, 0.3) is 5.69 Å². The van der Waals surface area contributed by atoms with Crippen LogP contribution in [0.4, 0.5) is 11.4 Å². The number of hydrogen-bond acceptors (Lipinski definition) is 3. The van der Waals surface area contributed by atoms with Crippen molar-refractivity contribution in [1.82, 2.24) is 0 Å². The van der Waals surface area contributed by atoms with Crippen LogP contribution in [0, 0.1) is 23.0 Å². The molecule has 24 heavy (non-hydrogen) atoms. The number of nitro benzene ring substituents is 1. The van der Waals surface area contributed by atoms with Crippen LogP contribution >= 0.6 is 11.6 Å². The van der Waals surface area contributed by atoms with E-state index in [4.69, 9.17) is 11.6 Å². The van der Waals surface area contributed by atoms with Gasteiger partial charge in [0.05, 0.1) is 11.0 Å². The van der Waals surface area contributed by atoms with Crippen LogP contribution in [0.25, 0.3) is 0 Å². The van der Waals surface area contributed by atoms with Crippen LogP contribution < -0.4 is 5.32 Å². The first-order valence-corrected chi connectivity index (χ1v) is 8.40. The maximum Gasteiger partial charge on any atom is 0.270 e. The van der Waals surface area contributed by atoms with Gasteiger partial charge in [0, 0.05) is 28.8 Å². The van der Waals surface area contributed by atoms with Crippen molar-refractivity contribution >= 4 is 23.0 Å². The SMILES string of the molecule is Cc1cc([N+](=O)[O-])cc2c1N[C@H](c1ccc(Cl)cc1)[C@H]1CC=C[C@H]21. The number of rotatable bonds is 2. The molecule has 0 spiro atoms. The Morgan fingerprint density at radius 2 is 2.00 bits per heavy atom. The van der Waals surface area contributed by atoms with Crippen molar-refractivity contribution in [2.24, 2.45) is 5.92 Å². The molecule has 5 heteroatoms. The Bertz CT molecular complexity index is 845. The molecule has 2 aliphatic rings. The predicted octanol–water partition coefficient (Wildman–Crippen LogP) is 5.38. The number of anilines is 1. The van der Waals surface area contributed by atoms with Gasteiger partial charge in [-0.05, 0) is 48.1 Å². The van der Waals surface area contributed by atoms with E-state index in [0.29, 0.717) is 5.92 Å². The third-order valence-corrected chi connectivity index (χ3v) is 5.34. The van der Waals surface area contributed by atoms with Gasteiger partial charge in [-0.1, -0.05) is 35.9 Å². The lowest BCUT2D eigenvalue weighted by Crippen LogP contribution is -2.29. The largest absolute Gasteiger partial charge is 0.377 e. The molecule has 0 saturated carbocycles. The molecule has 2 aromatic rings. The minimum atomic E-state index is -0.313. The fourth-order valence-electron chi connectivity index (χ4n) is 3.97. The molecule has 1 aliphatic heterocycles. The molecule has 0 amide bonds. The summed E-state index contributed by atoms with van der Waals surface area (Å²) >= 11 is 6.02. The average Bonchev–Trinajstić information content (AvgIpc) is 3.05. The van der Waals surface area contributed by atoms with Gasteiger partial charge in [-0.3, -0.25) is 10.1 Å².